The first-order chi connectivity index (χ1) is 16.1. The van der Waals surface area contributed by atoms with E-state index in [0.29, 0.717) is 6.61 Å². The molecule has 1 aliphatic heterocycles. The van der Waals surface area contributed by atoms with Gasteiger partial charge in [-0.3, -0.25) is 4.90 Å². The molecular formula is C26H34N4O2S. The van der Waals surface area contributed by atoms with Gasteiger partial charge in [-0.05, 0) is 62.6 Å². The number of hydrogen-bond acceptors (Lipinski definition) is 6. The maximum absolute atomic E-state index is 5.94. The van der Waals surface area contributed by atoms with Crippen molar-refractivity contribution in [2.45, 2.75) is 63.3 Å². The van der Waals surface area contributed by atoms with Gasteiger partial charge in [0.15, 0.2) is 5.16 Å². The molecular weight excluding hydrogens is 432 g/mol. The van der Waals surface area contributed by atoms with Gasteiger partial charge in [-0.1, -0.05) is 48.2 Å². The molecule has 0 radical (unpaired) electrons. The zero-order chi connectivity index (χ0) is 23.0. The van der Waals surface area contributed by atoms with E-state index in [-0.39, 0.29) is 6.10 Å². The highest BCUT2D eigenvalue weighted by atomic mass is 32.2. The first-order valence-electron chi connectivity index (χ1n) is 11.7. The highest BCUT2D eigenvalue weighted by Crippen LogP contribution is 2.26. The SMILES string of the molecule is CCOc1ccc(CN(C)Cc2nnc(SCc3ccccc3C)n2C[C@H]2CCCO2)cc1. The minimum atomic E-state index is 0.244. The molecule has 0 amide bonds. The van der Waals surface area contributed by atoms with Crippen molar-refractivity contribution < 1.29 is 9.47 Å². The maximum Gasteiger partial charge on any atom is 0.191 e. The molecule has 0 saturated carbocycles. The fourth-order valence-electron chi connectivity index (χ4n) is 4.10. The van der Waals surface area contributed by atoms with Crippen molar-refractivity contribution in [1.29, 1.82) is 0 Å². The van der Waals surface area contributed by atoms with Crippen LogP contribution >= 0.6 is 11.8 Å². The number of rotatable bonds is 11. The predicted molar refractivity (Wildman–Crippen MR) is 133 cm³/mol. The van der Waals surface area contributed by atoms with Gasteiger partial charge in [0, 0.05) is 18.9 Å². The Balaban J connectivity index is 1.44. The Morgan fingerprint density at radius 3 is 2.67 bits per heavy atom. The number of aryl methyl sites for hydroxylation is 1. The molecule has 6 nitrogen and oxygen atoms in total. The number of hydrogen-bond donors (Lipinski definition) is 0. The summed E-state index contributed by atoms with van der Waals surface area (Å²) in [5.41, 5.74) is 3.90. The molecule has 0 aliphatic carbocycles. The molecule has 4 rings (SSSR count). The molecule has 1 atom stereocenters. The maximum atomic E-state index is 5.94. The number of ether oxygens (including phenoxy) is 2. The van der Waals surface area contributed by atoms with Gasteiger partial charge in [0.05, 0.1) is 25.8 Å². The van der Waals surface area contributed by atoms with Gasteiger partial charge in [-0.2, -0.15) is 0 Å². The van der Waals surface area contributed by atoms with E-state index in [1.54, 1.807) is 11.8 Å². The molecule has 0 bridgehead atoms. The molecule has 0 N–H and O–H groups in total. The van der Waals surface area contributed by atoms with E-state index in [4.69, 9.17) is 9.47 Å². The van der Waals surface area contributed by atoms with Crippen molar-refractivity contribution in [3.8, 4) is 5.75 Å². The van der Waals surface area contributed by atoms with E-state index in [0.717, 1.165) is 61.6 Å². The van der Waals surface area contributed by atoms with E-state index >= 15 is 0 Å². The average Bonchev–Trinajstić information content (AvgIpc) is 3.46. The second-order valence-electron chi connectivity index (χ2n) is 8.61. The summed E-state index contributed by atoms with van der Waals surface area (Å²) >= 11 is 1.76. The minimum absolute atomic E-state index is 0.244. The van der Waals surface area contributed by atoms with E-state index < -0.39 is 0 Å². The third-order valence-corrected chi connectivity index (χ3v) is 6.94. The lowest BCUT2D eigenvalue weighted by Gasteiger charge is -2.19. The van der Waals surface area contributed by atoms with E-state index in [1.165, 1.54) is 16.7 Å². The highest BCUT2D eigenvalue weighted by Gasteiger charge is 2.22. The zero-order valence-electron chi connectivity index (χ0n) is 19.9. The summed E-state index contributed by atoms with van der Waals surface area (Å²) in [6.45, 7) is 8.09. The van der Waals surface area contributed by atoms with Crippen molar-refractivity contribution in [3.05, 3.63) is 71.0 Å². The third kappa shape index (κ3) is 6.59. The first-order valence-corrected chi connectivity index (χ1v) is 12.7. The summed E-state index contributed by atoms with van der Waals surface area (Å²) in [6, 6.07) is 16.9. The van der Waals surface area contributed by atoms with Gasteiger partial charge >= 0.3 is 0 Å². The summed E-state index contributed by atoms with van der Waals surface area (Å²) in [5.74, 6) is 2.79. The summed E-state index contributed by atoms with van der Waals surface area (Å²) in [5, 5.41) is 10.1. The number of nitrogens with zero attached hydrogens (tertiary/aromatic N) is 4. The average molecular weight is 467 g/mol. The fourth-order valence-corrected chi connectivity index (χ4v) is 5.14. The summed E-state index contributed by atoms with van der Waals surface area (Å²) in [6.07, 6.45) is 2.47. The molecule has 0 spiro atoms. The standard InChI is InChI=1S/C26H34N4O2S/c1-4-31-23-13-11-21(12-14-23)16-29(3)18-25-27-28-26(30(25)17-24-10-7-15-32-24)33-19-22-9-6-5-8-20(22)2/h5-6,8-9,11-14,24H,4,7,10,15-19H2,1-3H3/t24-/m1/s1. The smallest absolute Gasteiger partial charge is 0.191 e. The van der Waals surface area contributed by atoms with Gasteiger partial charge in [0.25, 0.3) is 0 Å². The van der Waals surface area contributed by atoms with Gasteiger partial charge in [0.1, 0.15) is 11.6 Å². The quantitative estimate of drug-likeness (QED) is 0.367. The summed E-state index contributed by atoms with van der Waals surface area (Å²) in [7, 11) is 2.13. The molecule has 2 aromatic carbocycles. The molecule has 176 valence electrons. The molecule has 1 aromatic heterocycles. The summed E-state index contributed by atoms with van der Waals surface area (Å²) < 4.78 is 13.8. The third-order valence-electron chi connectivity index (χ3n) is 5.92. The Bertz CT molecular complexity index is 1020. The predicted octanol–water partition coefficient (Wildman–Crippen LogP) is 5.09. The fraction of sp³-hybridized carbons (Fsp3) is 0.462. The first kappa shape index (κ1) is 23.8. The number of thioether (sulfide) groups is 1. The van der Waals surface area contributed by atoms with Gasteiger partial charge < -0.3 is 14.0 Å². The Labute approximate surface area is 201 Å². The Kier molecular flexibility index (Phi) is 8.42. The lowest BCUT2D eigenvalue weighted by atomic mass is 10.1. The van der Waals surface area contributed by atoms with Crippen molar-refractivity contribution in [2.75, 3.05) is 20.3 Å². The van der Waals surface area contributed by atoms with E-state index in [1.807, 2.05) is 19.1 Å². The van der Waals surface area contributed by atoms with Crippen molar-refractivity contribution in [3.63, 3.8) is 0 Å². The lowest BCUT2D eigenvalue weighted by Crippen LogP contribution is -2.23. The molecule has 7 heteroatoms. The van der Waals surface area contributed by atoms with E-state index in [2.05, 4.69) is 70.0 Å². The van der Waals surface area contributed by atoms with Crippen LogP contribution in [-0.4, -0.2) is 46.0 Å². The molecule has 1 saturated heterocycles. The van der Waals surface area contributed by atoms with Crippen LogP contribution in [0.15, 0.2) is 53.7 Å². The molecule has 2 heterocycles. The van der Waals surface area contributed by atoms with Crippen molar-refractivity contribution >= 4 is 11.8 Å². The van der Waals surface area contributed by atoms with Gasteiger partial charge in [0.2, 0.25) is 0 Å². The summed E-state index contributed by atoms with van der Waals surface area (Å²) in [4.78, 5) is 2.28. The number of aromatic nitrogens is 3. The molecule has 1 fully saturated rings. The van der Waals surface area contributed by atoms with Crippen LogP contribution in [0.4, 0.5) is 0 Å². The van der Waals surface area contributed by atoms with Crippen LogP contribution in [0.25, 0.3) is 0 Å². The van der Waals surface area contributed by atoms with Crippen LogP contribution in [0.1, 0.15) is 42.3 Å². The van der Waals surface area contributed by atoms with Crippen molar-refractivity contribution in [1.82, 2.24) is 19.7 Å². The largest absolute Gasteiger partial charge is 0.494 e. The van der Waals surface area contributed by atoms with Crippen LogP contribution in [0.2, 0.25) is 0 Å². The number of benzene rings is 2. The Hall–Kier alpha value is -2.35. The van der Waals surface area contributed by atoms with Gasteiger partial charge in [-0.15, -0.1) is 10.2 Å². The Morgan fingerprint density at radius 1 is 1.12 bits per heavy atom. The van der Waals surface area contributed by atoms with Crippen LogP contribution in [0, 0.1) is 6.92 Å². The Morgan fingerprint density at radius 2 is 1.94 bits per heavy atom. The topological polar surface area (TPSA) is 52.4 Å². The van der Waals surface area contributed by atoms with Crippen LogP contribution in [0.5, 0.6) is 5.75 Å². The van der Waals surface area contributed by atoms with Crippen LogP contribution in [0.3, 0.4) is 0 Å². The normalized spacial score (nSPS) is 15.9. The molecule has 3 aromatic rings. The monoisotopic (exact) mass is 466 g/mol. The molecule has 0 unspecified atom stereocenters. The highest BCUT2D eigenvalue weighted by molar-refractivity contribution is 7.98. The molecule has 1 aliphatic rings. The van der Waals surface area contributed by atoms with Crippen molar-refractivity contribution in [2.24, 2.45) is 0 Å². The van der Waals surface area contributed by atoms with Crippen LogP contribution < -0.4 is 4.74 Å². The van der Waals surface area contributed by atoms with Crippen LogP contribution in [-0.2, 0) is 30.1 Å². The lowest BCUT2D eigenvalue weighted by molar-refractivity contribution is 0.0934. The second-order valence-corrected chi connectivity index (χ2v) is 9.55. The van der Waals surface area contributed by atoms with Gasteiger partial charge in [-0.25, -0.2) is 0 Å². The zero-order valence-corrected chi connectivity index (χ0v) is 20.7. The van der Waals surface area contributed by atoms with E-state index in [9.17, 15) is 0 Å². The minimum Gasteiger partial charge on any atom is -0.494 e. The molecule has 33 heavy (non-hydrogen) atoms. The second kappa shape index (κ2) is 11.7.